The van der Waals surface area contributed by atoms with Gasteiger partial charge in [0, 0.05) is 18.9 Å². The Balaban J connectivity index is 2.05. The maximum absolute atomic E-state index is 6.19. The van der Waals surface area contributed by atoms with Gasteiger partial charge in [-0.2, -0.15) is 0 Å². The van der Waals surface area contributed by atoms with Crippen LogP contribution in [0.25, 0.3) is 0 Å². The summed E-state index contributed by atoms with van der Waals surface area (Å²) < 4.78 is 8.27. The van der Waals surface area contributed by atoms with Crippen molar-refractivity contribution in [2.45, 2.75) is 25.1 Å². The second kappa shape index (κ2) is 5.15. The van der Waals surface area contributed by atoms with Crippen LogP contribution in [0.15, 0.2) is 49.1 Å². The molecule has 4 heteroatoms. The molecule has 1 aromatic carbocycles. The average Bonchev–Trinajstić information content (AvgIpc) is 3.03. The molecule has 100 valence electrons. The first kappa shape index (κ1) is 12.4. The van der Waals surface area contributed by atoms with Crippen molar-refractivity contribution in [3.8, 4) is 0 Å². The standard InChI is InChI=1S/C15H19N3O/c1-2-15(18-10-8-16-12-18)14(17-9-11-19-15)13-6-4-3-5-7-13/h3-8,10,12,14,17H,2,9,11H2,1H3. The Bertz CT molecular complexity index is 511. The highest BCUT2D eigenvalue weighted by Gasteiger charge is 2.43. The van der Waals surface area contributed by atoms with E-state index in [0.717, 1.165) is 19.6 Å². The monoisotopic (exact) mass is 257 g/mol. The van der Waals surface area contributed by atoms with Gasteiger partial charge in [0.1, 0.15) is 0 Å². The molecule has 0 spiro atoms. The topological polar surface area (TPSA) is 39.1 Å². The van der Waals surface area contributed by atoms with Crippen LogP contribution in [-0.2, 0) is 10.5 Å². The van der Waals surface area contributed by atoms with E-state index in [1.165, 1.54) is 5.56 Å². The molecule has 2 aromatic rings. The van der Waals surface area contributed by atoms with Crippen molar-refractivity contribution in [1.82, 2.24) is 14.9 Å². The first-order valence-corrected chi connectivity index (χ1v) is 6.77. The number of nitrogens with one attached hydrogen (secondary N) is 1. The summed E-state index contributed by atoms with van der Waals surface area (Å²) >= 11 is 0. The van der Waals surface area contributed by atoms with Crippen LogP contribution < -0.4 is 5.32 Å². The van der Waals surface area contributed by atoms with Gasteiger partial charge < -0.3 is 14.6 Å². The molecule has 1 aliphatic rings. The predicted octanol–water partition coefficient (Wildman–Crippen LogP) is 2.31. The van der Waals surface area contributed by atoms with Gasteiger partial charge in [0.05, 0.1) is 19.0 Å². The minimum atomic E-state index is -0.393. The van der Waals surface area contributed by atoms with Crippen LogP contribution in [0.1, 0.15) is 24.9 Å². The fourth-order valence-electron chi connectivity index (χ4n) is 2.89. The van der Waals surface area contributed by atoms with Gasteiger partial charge in [-0.05, 0) is 12.0 Å². The lowest BCUT2D eigenvalue weighted by atomic mass is 9.92. The van der Waals surface area contributed by atoms with Crippen LogP contribution in [0.4, 0.5) is 0 Å². The van der Waals surface area contributed by atoms with E-state index in [0.29, 0.717) is 0 Å². The smallest absolute Gasteiger partial charge is 0.164 e. The number of imidazole rings is 1. The van der Waals surface area contributed by atoms with Crippen LogP contribution >= 0.6 is 0 Å². The Morgan fingerprint density at radius 3 is 2.95 bits per heavy atom. The highest BCUT2D eigenvalue weighted by Crippen LogP contribution is 2.38. The van der Waals surface area contributed by atoms with E-state index in [-0.39, 0.29) is 6.04 Å². The van der Waals surface area contributed by atoms with Gasteiger partial charge in [0.2, 0.25) is 0 Å². The van der Waals surface area contributed by atoms with Crippen molar-refractivity contribution in [2.75, 3.05) is 13.2 Å². The molecule has 3 rings (SSSR count). The molecule has 0 radical (unpaired) electrons. The fraction of sp³-hybridized carbons (Fsp3) is 0.400. The molecule has 2 unspecified atom stereocenters. The quantitative estimate of drug-likeness (QED) is 0.917. The maximum atomic E-state index is 6.19. The van der Waals surface area contributed by atoms with E-state index < -0.39 is 5.72 Å². The number of morpholine rings is 1. The number of aromatic nitrogens is 2. The molecule has 4 nitrogen and oxygen atoms in total. The van der Waals surface area contributed by atoms with E-state index in [4.69, 9.17) is 4.74 Å². The Morgan fingerprint density at radius 1 is 1.42 bits per heavy atom. The Labute approximate surface area is 113 Å². The Morgan fingerprint density at radius 2 is 2.26 bits per heavy atom. The van der Waals surface area contributed by atoms with E-state index >= 15 is 0 Å². The van der Waals surface area contributed by atoms with Crippen molar-refractivity contribution in [1.29, 1.82) is 0 Å². The molecule has 1 aromatic heterocycles. The lowest BCUT2D eigenvalue weighted by Crippen LogP contribution is -2.53. The summed E-state index contributed by atoms with van der Waals surface area (Å²) in [4.78, 5) is 4.17. The molecule has 19 heavy (non-hydrogen) atoms. The third kappa shape index (κ3) is 2.07. The van der Waals surface area contributed by atoms with Crippen LogP contribution in [-0.4, -0.2) is 22.7 Å². The minimum Gasteiger partial charge on any atom is -0.352 e. The summed E-state index contributed by atoms with van der Waals surface area (Å²) in [5.74, 6) is 0. The summed E-state index contributed by atoms with van der Waals surface area (Å²) in [6.07, 6.45) is 6.51. The van der Waals surface area contributed by atoms with Gasteiger partial charge in [-0.25, -0.2) is 4.98 Å². The number of hydrogen-bond acceptors (Lipinski definition) is 3. The lowest BCUT2D eigenvalue weighted by Gasteiger charge is -2.45. The molecular weight excluding hydrogens is 238 g/mol. The highest BCUT2D eigenvalue weighted by atomic mass is 16.5. The predicted molar refractivity (Wildman–Crippen MR) is 73.6 cm³/mol. The first-order chi connectivity index (χ1) is 9.37. The molecule has 0 aliphatic carbocycles. The van der Waals surface area contributed by atoms with Crippen LogP contribution in [0.5, 0.6) is 0 Å². The third-order valence-corrected chi connectivity index (χ3v) is 3.83. The zero-order chi connectivity index (χ0) is 13.1. The van der Waals surface area contributed by atoms with Gasteiger partial charge >= 0.3 is 0 Å². The molecule has 0 amide bonds. The zero-order valence-corrected chi connectivity index (χ0v) is 11.1. The van der Waals surface area contributed by atoms with Crippen LogP contribution in [0, 0.1) is 0 Å². The number of ether oxygens (including phenoxy) is 1. The zero-order valence-electron chi connectivity index (χ0n) is 11.1. The second-order valence-electron chi connectivity index (χ2n) is 4.81. The van der Waals surface area contributed by atoms with E-state index in [9.17, 15) is 0 Å². The molecule has 0 bridgehead atoms. The van der Waals surface area contributed by atoms with E-state index in [2.05, 4.69) is 46.1 Å². The number of benzene rings is 1. The molecule has 2 atom stereocenters. The molecule has 0 saturated carbocycles. The van der Waals surface area contributed by atoms with Gasteiger partial charge in [0.25, 0.3) is 0 Å². The number of rotatable bonds is 3. The van der Waals surface area contributed by atoms with Gasteiger partial charge in [-0.1, -0.05) is 37.3 Å². The SMILES string of the molecule is CCC1(n2ccnc2)OCCNC1c1ccccc1. The fourth-order valence-corrected chi connectivity index (χ4v) is 2.89. The van der Waals surface area contributed by atoms with E-state index in [1.807, 2.05) is 18.6 Å². The van der Waals surface area contributed by atoms with Crippen LogP contribution in [0.3, 0.4) is 0 Å². The molecular formula is C15H19N3O. The third-order valence-electron chi connectivity index (χ3n) is 3.83. The Hall–Kier alpha value is -1.65. The molecule has 1 saturated heterocycles. The second-order valence-corrected chi connectivity index (χ2v) is 4.81. The highest BCUT2D eigenvalue weighted by molar-refractivity contribution is 5.22. The number of hydrogen-bond donors (Lipinski definition) is 1. The summed E-state index contributed by atoms with van der Waals surface area (Å²) in [6, 6.07) is 10.6. The van der Waals surface area contributed by atoms with Crippen molar-refractivity contribution in [3.63, 3.8) is 0 Å². The molecule has 1 fully saturated rings. The van der Waals surface area contributed by atoms with E-state index in [1.54, 1.807) is 6.20 Å². The van der Waals surface area contributed by atoms with Crippen molar-refractivity contribution >= 4 is 0 Å². The average molecular weight is 257 g/mol. The van der Waals surface area contributed by atoms with Gasteiger partial charge in [0.15, 0.2) is 5.72 Å². The molecule has 1 aliphatic heterocycles. The van der Waals surface area contributed by atoms with Gasteiger partial charge in [-0.15, -0.1) is 0 Å². The molecule has 2 heterocycles. The minimum absolute atomic E-state index is 0.140. The normalized spacial score (nSPS) is 27.3. The summed E-state index contributed by atoms with van der Waals surface area (Å²) in [6.45, 7) is 3.74. The lowest BCUT2D eigenvalue weighted by molar-refractivity contribution is -0.159. The van der Waals surface area contributed by atoms with Crippen molar-refractivity contribution in [3.05, 3.63) is 54.6 Å². The summed E-state index contributed by atoms with van der Waals surface area (Å²) in [5, 5.41) is 3.59. The van der Waals surface area contributed by atoms with Crippen molar-refractivity contribution in [2.24, 2.45) is 0 Å². The summed E-state index contributed by atoms with van der Waals surface area (Å²) in [7, 11) is 0. The first-order valence-electron chi connectivity index (χ1n) is 6.77. The maximum Gasteiger partial charge on any atom is 0.164 e. The van der Waals surface area contributed by atoms with Crippen LogP contribution in [0.2, 0.25) is 0 Å². The largest absolute Gasteiger partial charge is 0.352 e. The molecule has 1 N–H and O–H groups in total. The number of nitrogens with zero attached hydrogens (tertiary/aromatic N) is 2. The summed E-state index contributed by atoms with van der Waals surface area (Å²) in [5.41, 5.74) is 0.855. The van der Waals surface area contributed by atoms with Gasteiger partial charge in [-0.3, -0.25) is 0 Å². The van der Waals surface area contributed by atoms with Crippen molar-refractivity contribution < 1.29 is 4.74 Å². The Kier molecular flexibility index (Phi) is 3.36.